The summed E-state index contributed by atoms with van der Waals surface area (Å²) in [5.41, 5.74) is 2.01. The second-order valence-corrected chi connectivity index (χ2v) is 7.14. The second-order valence-electron chi connectivity index (χ2n) is 7.14. The molecule has 2 amide bonds. The summed E-state index contributed by atoms with van der Waals surface area (Å²) in [6, 6.07) is 14.1. The lowest BCUT2D eigenvalue weighted by Gasteiger charge is -2.11. The molecule has 160 valence electrons. The van der Waals surface area contributed by atoms with E-state index >= 15 is 0 Å². The molecule has 0 spiro atoms. The molecular weight excluding hydrogens is 384 g/mol. The SMILES string of the molecule is CCc1ccccc1NC(=O)CNC(=O)COC(=O)c1cccc(OCC(C)C)c1. The zero-order valence-corrected chi connectivity index (χ0v) is 17.6. The van der Waals surface area contributed by atoms with Gasteiger partial charge in [-0.25, -0.2) is 4.79 Å². The highest BCUT2D eigenvalue weighted by atomic mass is 16.5. The van der Waals surface area contributed by atoms with Gasteiger partial charge in [0.15, 0.2) is 6.61 Å². The molecule has 0 saturated heterocycles. The Hall–Kier alpha value is -3.35. The van der Waals surface area contributed by atoms with Crippen LogP contribution in [0.4, 0.5) is 5.69 Å². The van der Waals surface area contributed by atoms with Crippen molar-refractivity contribution in [2.24, 2.45) is 5.92 Å². The fraction of sp³-hybridized carbons (Fsp3) is 0.348. The number of ether oxygens (including phenoxy) is 2. The van der Waals surface area contributed by atoms with Crippen LogP contribution < -0.4 is 15.4 Å². The molecule has 7 nitrogen and oxygen atoms in total. The number of amides is 2. The summed E-state index contributed by atoms with van der Waals surface area (Å²) >= 11 is 0. The first-order valence-corrected chi connectivity index (χ1v) is 9.93. The van der Waals surface area contributed by atoms with E-state index in [1.165, 1.54) is 0 Å². The van der Waals surface area contributed by atoms with Crippen LogP contribution in [-0.4, -0.2) is 37.5 Å². The number of hydrogen-bond acceptors (Lipinski definition) is 5. The largest absolute Gasteiger partial charge is 0.493 e. The normalized spacial score (nSPS) is 10.4. The molecule has 2 aromatic carbocycles. The minimum absolute atomic E-state index is 0.215. The molecule has 0 aliphatic rings. The van der Waals surface area contributed by atoms with E-state index in [9.17, 15) is 14.4 Å². The zero-order chi connectivity index (χ0) is 21.9. The molecule has 0 fully saturated rings. The molecule has 2 rings (SSSR count). The first-order valence-electron chi connectivity index (χ1n) is 9.93. The second kappa shape index (κ2) is 11.6. The molecule has 0 aromatic heterocycles. The lowest BCUT2D eigenvalue weighted by atomic mass is 10.1. The summed E-state index contributed by atoms with van der Waals surface area (Å²) in [7, 11) is 0. The van der Waals surface area contributed by atoms with Gasteiger partial charge in [0.1, 0.15) is 5.75 Å². The number of carbonyl (C=O) groups is 3. The number of benzene rings is 2. The molecule has 7 heteroatoms. The van der Waals surface area contributed by atoms with Gasteiger partial charge in [-0.05, 0) is 42.2 Å². The molecule has 0 unspecified atom stereocenters. The van der Waals surface area contributed by atoms with Crippen molar-refractivity contribution in [2.75, 3.05) is 25.1 Å². The van der Waals surface area contributed by atoms with Crippen LogP contribution in [0.2, 0.25) is 0 Å². The minimum atomic E-state index is -0.638. The van der Waals surface area contributed by atoms with E-state index in [0.717, 1.165) is 12.0 Å². The van der Waals surface area contributed by atoms with Crippen molar-refractivity contribution in [3.05, 3.63) is 59.7 Å². The number of anilines is 1. The molecule has 0 saturated carbocycles. The fourth-order valence-corrected chi connectivity index (χ4v) is 2.57. The van der Waals surface area contributed by atoms with Crippen molar-refractivity contribution in [2.45, 2.75) is 27.2 Å². The summed E-state index contributed by atoms with van der Waals surface area (Å²) < 4.78 is 10.6. The van der Waals surface area contributed by atoms with Crippen molar-refractivity contribution < 1.29 is 23.9 Å². The molecular formula is C23H28N2O5. The van der Waals surface area contributed by atoms with Crippen molar-refractivity contribution in [3.63, 3.8) is 0 Å². The Kier molecular flexibility index (Phi) is 8.87. The maximum absolute atomic E-state index is 12.2. The highest BCUT2D eigenvalue weighted by Gasteiger charge is 2.13. The predicted molar refractivity (Wildman–Crippen MR) is 115 cm³/mol. The van der Waals surface area contributed by atoms with Crippen LogP contribution in [-0.2, 0) is 20.7 Å². The number of carbonyl (C=O) groups excluding carboxylic acids is 3. The summed E-state index contributed by atoms with van der Waals surface area (Å²) in [5.74, 6) is -0.634. The molecule has 0 aliphatic heterocycles. The van der Waals surface area contributed by atoms with Crippen molar-refractivity contribution in [1.82, 2.24) is 5.32 Å². The third kappa shape index (κ3) is 7.58. The van der Waals surface area contributed by atoms with Gasteiger partial charge in [0.05, 0.1) is 18.7 Å². The van der Waals surface area contributed by atoms with Crippen molar-refractivity contribution in [3.8, 4) is 5.75 Å². The quantitative estimate of drug-likeness (QED) is 0.585. The van der Waals surface area contributed by atoms with Crippen molar-refractivity contribution >= 4 is 23.5 Å². The van der Waals surface area contributed by atoms with Crippen LogP contribution in [0.1, 0.15) is 36.7 Å². The van der Waals surface area contributed by atoms with Crippen LogP contribution in [0.25, 0.3) is 0 Å². The lowest BCUT2D eigenvalue weighted by Crippen LogP contribution is -2.35. The molecule has 0 heterocycles. The van der Waals surface area contributed by atoms with Gasteiger partial charge in [0.25, 0.3) is 5.91 Å². The fourth-order valence-electron chi connectivity index (χ4n) is 2.57. The Morgan fingerprint density at radius 1 is 1.00 bits per heavy atom. The summed E-state index contributed by atoms with van der Waals surface area (Å²) in [6.45, 7) is 5.89. The zero-order valence-electron chi connectivity index (χ0n) is 17.6. The average Bonchev–Trinajstić information content (AvgIpc) is 2.75. The van der Waals surface area contributed by atoms with Gasteiger partial charge in [0, 0.05) is 5.69 Å². The van der Waals surface area contributed by atoms with Crippen molar-refractivity contribution in [1.29, 1.82) is 0 Å². The maximum Gasteiger partial charge on any atom is 0.338 e. The smallest absolute Gasteiger partial charge is 0.338 e. The molecule has 0 atom stereocenters. The molecule has 2 aromatic rings. The molecule has 30 heavy (non-hydrogen) atoms. The Bertz CT molecular complexity index is 879. The number of rotatable bonds is 10. The molecule has 0 aliphatic carbocycles. The first-order chi connectivity index (χ1) is 14.4. The van der Waals surface area contributed by atoms with Gasteiger partial charge in [0.2, 0.25) is 5.91 Å². The highest BCUT2D eigenvalue weighted by Crippen LogP contribution is 2.16. The Morgan fingerprint density at radius 3 is 2.50 bits per heavy atom. The van der Waals surface area contributed by atoms with Crippen LogP contribution in [0.3, 0.4) is 0 Å². The van der Waals surface area contributed by atoms with E-state index in [4.69, 9.17) is 9.47 Å². The minimum Gasteiger partial charge on any atom is -0.493 e. The molecule has 0 radical (unpaired) electrons. The summed E-state index contributed by atoms with van der Waals surface area (Å²) in [6.07, 6.45) is 0.780. The van der Waals surface area contributed by atoms with Gasteiger partial charge < -0.3 is 20.1 Å². The Labute approximate surface area is 176 Å². The van der Waals surface area contributed by atoms with Gasteiger partial charge in [-0.2, -0.15) is 0 Å². The number of nitrogens with one attached hydrogen (secondary N) is 2. The van der Waals surface area contributed by atoms with E-state index in [1.807, 2.05) is 39.0 Å². The van der Waals surface area contributed by atoms with E-state index < -0.39 is 18.5 Å². The number of aryl methyl sites for hydroxylation is 1. The summed E-state index contributed by atoms with van der Waals surface area (Å²) in [5, 5.41) is 5.20. The van der Waals surface area contributed by atoms with Crippen LogP contribution in [0.5, 0.6) is 5.75 Å². The summed E-state index contributed by atoms with van der Waals surface area (Å²) in [4.78, 5) is 36.1. The van der Waals surface area contributed by atoms with E-state index in [-0.39, 0.29) is 18.0 Å². The van der Waals surface area contributed by atoms with Crippen LogP contribution in [0, 0.1) is 5.92 Å². The standard InChI is InChI=1S/C23H28N2O5/c1-4-17-8-5-6-11-20(17)25-21(26)13-24-22(27)15-30-23(28)18-9-7-10-19(12-18)29-14-16(2)3/h5-12,16H,4,13-15H2,1-3H3,(H,24,27)(H,25,26). The topological polar surface area (TPSA) is 93.7 Å². The molecule has 0 bridgehead atoms. The van der Waals surface area contributed by atoms with Crippen LogP contribution >= 0.6 is 0 Å². The van der Waals surface area contributed by atoms with E-state index in [2.05, 4.69) is 10.6 Å². The van der Waals surface area contributed by atoms with E-state index in [1.54, 1.807) is 30.3 Å². The maximum atomic E-state index is 12.2. The Morgan fingerprint density at radius 2 is 1.77 bits per heavy atom. The van der Waals surface area contributed by atoms with E-state index in [0.29, 0.717) is 24.0 Å². The number of hydrogen-bond donors (Lipinski definition) is 2. The number of esters is 1. The van der Waals surface area contributed by atoms with Gasteiger partial charge in [-0.15, -0.1) is 0 Å². The monoisotopic (exact) mass is 412 g/mol. The molecule has 2 N–H and O–H groups in total. The van der Waals surface area contributed by atoms with Gasteiger partial charge in [-0.1, -0.05) is 45.0 Å². The third-order valence-electron chi connectivity index (χ3n) is 4.11. The third-order valence-corrected chi connectivity index (χ3v) is 4.11. The first kappa shape index (κ1) is 22.9. The number of para-hydroxylation sites is 1. The predicted octanol–water partition coefficient (Wildman–Crippen LogP) is 3.20. The Balaban J connectivity index is 1.77. The average molecular weight is 412 g/mol. The van der Waals surface area contributed by atoms with Gasteiger partial charge in [-0.3, -0.25) is 9.59 Å². The highest BCUT2D eigenvalue weighted by molar-refractivity contribution is 5.96. The van der Waals surface area contributed by atoms with Crippen LogP contribution in [0.15, 0.2) is 48.5 Å². The van der Waals surface area contributed by atoms with Gasteiger partial charge >= 0.3 is 5.97 Å². The lowest BCUT2D eigenvalue weighted by molar-refractivity contribution is -0.126.